The maximum atomic E-state index is 6.15. The minimum atomic E-state index is 0.555. The average molecular weight is 290 g/mol. The minimum Gasteiger partial charge on any atom is -0.495 e. The Labute approximate surface area is 120 Å². The second-order valence-electron chi connectivity index (χ2n) is 4.67. The third-order valence-electron chi connectivity index (χ3n) is 3.54. The Morgan fingerprint density at radius 3 is 2.80 bits per heavy atom. The van der Waals surface area contributed by atoms with Gasteiger partial charge in [0.05, 0.1) is 18.1 Å². The van der Waals surface area contributed by atoms with E-state index in [9.17, 15) is 0 Å². The van der Waals surface area contributed by atoms with Crippen LogP contribution in [-0.4, -0.2) is 25.3 Å². The molecule has 0 bridgehead atoms. The lowest BCUT2D eigenvalue weighted by molar-refractivity contribution is 0.173. The number of halogens is 1. The highest BCUT2D eigenvalue weighted by Gasteiger charge is 2.19. The molecule has 5 heteroatoms. The predicted octanol–water partition coefficient (Wildman–Crippen LogP) is 3.75. The van der Waals surface area contributed by atoms with Crippen LogP contribution in [0.15, 0.2) is 24.3 Å². The molecule has 102 valence electrons. The maximum absolute atomic E-state index is 6.15. The van der Waals surface area contributed by atoms with Crippen molar-refractivity contribution < 1.29 is 14.2 Å². The van der Waals surface area contributed by atoms with Crippen molar-refractivity contribution in [1.82, 2.24) is 4.98 Å². The van der Waals surface area contributed by atoms with E-state index in [-0.39, 0.29) is 0 Å². The molecule has 2 heterocycles. The van der Waals surface area contributed by atoms with Crippen molar-refractivity contribution in [3.63, 3.8) is 0 Å². The molecule has 3 aromatic rings. The van der Waals surface area contributed by atoms with Gasteiger partial charge in [-0.25, -0.2) is 0 Å². The summed E-state index contributed by atoms with van der Waals surface area (Å²) in [6.45, 7) is 1.13. The van der Waals surface area contributed by atoms with Gasteiger partial charge in [0.15, 0.2) is 11.5 Å². The van der Waals surface area contributed by atoms with Crippen LogP contribution in [0.1, 0.15) is 0 Å². The molecule has 0 spiro atoms. The van der Waals surface area contributed by atoms with Gasteiger partial charge in [0.1, 0.15) is 19.0 Å². The van der Waals surface area contributed by atoms with Gasteiger partial charge in [-0.3, -0.25) is 0 Å². The number of H-pyrrole nitrogens is 1. The number of ether oxygens (including phenoxy) is 3. The number of aromatic amines is 1. The first-order valence-corrected chi connectivity index (χ1v) is 6.73. The van der Waals surface area contributed by atoms with Gasteiger partial charge in [-0.05, 0) is 18.2 Å². The minimum absolute atomic E-state index is 0.555. The third-order valence-corrected chi connectivity index (χ3v) is 3.75. The highest BCUT2D eigenvalue weighted by molar-refractivity contribution is 6.32. The quantitative estimate of drug-likeness (QED) is 0.742. The summed E-state index contributed by atoms with van der Waals surface area (Å²) < 4.78 is 16.7. The van der Waals surface area contributed by atoms with Crippen molar-refractivity contribution in [3.05, 3.63) is 29.3 Å². The largest absolute Gasteiger partial charge is 0.495 e. The van der Waals surface area contributed by atoms with Crippen LogP contribution in [0.5, 0.6) is 17.2 Å². The van der Waals surface area contributed by atoms with Crippen LogP contribution in [0, 0.1) is 0 Å². The number of nitrogens with one attached hydrogen (secondary N) is 1. The van der Waals surface area contributed by atoms with Gasteiger partial charge in [-0.1, -0.05) is 11.6 Å². The first-order chi connectivity index (χ1) is 9.78. The second-order valence-corrected chi connectivity index (χ2v) is 5.10. The lowest BCUT2D eigenvalue weighted by Crippen LogP contribution is -2.15. The molecule has 0 aliphatic carbocycles. The Balaban J connectivity index is 2.14. The van der Waals surface area contributed by atoms with Crippen LogP contribution in [0.2, 0.25) is 5.02 Å². The van der Waals surface area contributed by atoms with Gasteiger partial charge in [0.25, 0.3) is 0 Å². The number of benzene rings is 2. The fourth-order valence-corrected chi connectivity index (χ4v) is 2.88. The van der Waals surface area contributed by atoms with E-state index < -0.39 is 0 Å². The van der Waals surface area contributed by atoms with Crippen LogP contribution in [-0.2, 0) is 0 Å². The lowest BCUT2D eigenvalue weighted by Gasteiger charge is -2.18. The van der Waals surface area contributed by atoms with Gasteiger partial charge in [0.2, 0.25) is 0 Å². The van der Waals surface area contributed by atoms with Crippen LogP contribution in [0.3, 0.4) is 0 Å². The SMILES string of the molecule is COc1cc(Cl)cc2c1[nH]c1c3c(ccc12)OCCO3. The summed E-state index contributed by atoms with van der Waals surface area (Å²) in [6.07, 6.45) is 0. The Bertz CT molecular complexity index is 825. The summed E-state index contributed by atoms with van der Waals surface area (Å²) in [5.41, 5.74) is 1.83. The molecule has 1 aromatic heterocycles. The summed E-state index contributed by atoms with van der Waals surface area (Å²) in [6, 6.07) is 7.66. The molecule has 1 aliphatic heterocycles. The molecule has 4 nitrogen and oxygen atoms in total. The second kappa shape index (κ2) is 4.21. The first-order valence-electron chi connectivity index (χ1n) is 6.35. The number of hydrogen-bond acceptors (Lipinski definition) is 3. The Hall–Kier alpha value is -2.07. The van der Waals surface area contributed by atoms with Gasteiger partial charge >= 0.3 is 0 Å². The molecule has 0 radical (unpaired) electrons. The van der Waals surface area contributed by atoms with Crippen molar-refractivity contribution in [2.75, 3.05) is 20.3 Å². The lowest BCUT2D eigenvalue weighted by atomic mass is 10.1. The highest BCUT2D eigenvalue weighted by atomic mass is 35.5. The third kappa shape index (κ3) is 1.55. The molecule has 0 atom stereocenters. The van der Waals surface area contributed by atoms with Crippen LogP contribution in [0.4, 0.5) is 0 Å². The average Bonchev–Trinajstić information content (AvgIpc) is 2.85. The zero-order valence-corrected chi connectivity index (χ0v) is 11.6. The summed E-state index contributed by atoms with van der Waals surface area (Å²) in [7, 11) is 1.63. The molecule has 0 fully saturated rings. The molecular formula is C15H12ClNO3. The van der Waals surface area contributed by atoms with E-state index in [1.54, 1.807) is 13.2 Å². The first kappa shape index (κ1) is 11.7. The number of hydrogen-bond donors (Lipinski definition) is 1. The summed E-state index contributed by atoms with van der Waals surface area (Å²) in [4.78, 5) is 3.36. The van der Waals surface area contributed by atoms with Crippen molar-refractivity contribution >= 4 is 33.4 Å². The van der Waals surface area contributed by atoms with Gasteiger partial charge in [0, 0.05) is 21.9 Å². The molecule has 0 saturated carbocycles. The van der Waals surface area contributed by atoms with E-state index in [2.05, 4.69) is 4.98 Å². The Kier molecular flexibility index (Phi) is 2.47. The zero-order chi connectivity index (χ0) is 13.7. The van der Waals surface area contributed by atoms with Gasteiger partial charge in [-0.2, -0.15) is 0 Å². The summed E-state index contributed by atoms with van der Waals surface area (Å²) in [5, 5.41) is 2.71. The van der Waals surface area contributed by atoms with Crippen LogP contribution >= 0.6 is 11.6 Å². The summed E-state index contributed by atoms with van der Waals surface area (Å²) >= 11 is 6.15. The molecule has 0 amide bonds. The molecule has 1 aliphatic rings. The highest BCUT2D eigenvalue weighted by Crippen LogP contribution is 2.42. The van der Waals surface area contributed by atoms with Crippen molar-refractivity contribution in [1.29, 1.82) is 0 Å². The maximum Gasteiger partial charge on any atom is 0.185 e. The van der Waals surface area contributed by atoms with E-state index in [1.165, 1.54) is 0 Å². The van der Waals surface area contributed by atoms with E-state index in [1.807, 2.05) is 18.2 Å². The van der Waals surface area contributed by atoms with Crippen molar-refractivity contribution in [2.45, 2.75) is 0 Å². The standard InChI is InChI=1S/C15H12ClNO3/c1-18-12-7-8(16)6-10-9-2-3-11-15(20-5-4-19-11)14(9)17-13(10)12/h2-3,6-7,17H,4-5H2,1H3. The molecular weight excluding hydrogens is 278 g/mol. The van der Waals surface area contributed by atoms with Crippen molar-refractivity contribution in [2.24, 2.45) is 0 Å². The van der Waals surface area contributed by atoms with Crippen LogP contribution in [0.25, 0.3) is 21.8 Å². The number of rotatable bonds is 1. The van der Waals surface area contributed by atoms with Gasteiger partial charge < -0.3 is 19.2 Å². The molecule has 1 N–H and O–H groups in total. The topological polar surface area (TPSA) is 43.5 Å². The summed E-state index contributed by atoms with van der Waals surface area (Å²) in [5.74, 6) is 2.23. The van der Waals surface area contributed by atoms with E-state index in [0.717, 1.165) is 33.3 Å². The molecule has 20 heavy (non-hydrogen) atoms. The molecule has 0 unspecified atom stereocenters. The van der Waals surface area contributed by atoms with Crippen molar-refractivity contribution in [3.8, 4) is 17.2 Å². The van der Waals surface area contributed by atoms with Crippen LogP contribution < -0.4 is 14.2 Å². The molecule has 0 saturated heterocycles. The smallest absolute Gasteiger partial charge is 0.185 e. The Morgan fingerprint density at radius 2 is 1.95 bits per heavy atom. The molecule has 2 aromatic carbocycles. The van der Waals surface area contributed by atoms with E-state index in [0.29, 0.717) is 24.0 Å². The number of fused-ring (bicyclic) bond motifs is 5. The zero-order valence-electron chi connectivity index (χ0n) is 10.8. The van der Waals surface area contributed by atoms with Gasteiger partial charge in [-0.15, -0.1) is 0 Å². The molecule has 4 rings (SSSR count). The number of aromatic nitrogens is 1. The van der Waals surface area contributed by atoms with E-state index in [4.69, 9.17) is 25.8 Å². The normalized spacial score (nSPS) is 13.9. The number of methoxy groups -OCH3 is 1. The van der Waals surface area contributed by atoms with E-state index >= 15 is 0 Å². The Morgan fingerprint density at radius 1 is 1.10 bits per heavy atom. The fourth-order valence-electron chi connectivity index (χ4n) is 2.67. The predicted molar refractivity (Wildman–Crippen MR) is 78.4 cm³/mol. The fraction of sp³-hybridized carbons (Fsp3) is 0.200. The monoisotopic (exact) mass is 289 g/mol.